The number of hydrogen-bond donors (Lipinski definition) is 1. The molecule has 0 unspecified atom stereocenters. The van der Waals surface area contributed by atoms with Gasteiger partial charge in [0.25, 0.3) is 0 Å². The molecule has 0 saturated carbocycles. The van der Waals surface area contributed by atoms with Crippen LogP contribution in [0.1, 0.15) is 28.2 Å². The van der Waals surface area contributed by atoms with Crippen molar-refractivity contribution in [2.45, 2.75) is 19.3 Å². The molecular formula is C19H15F3N4. The molecule has 26 heavy (non-hydrogen) atoms. The molecule has 1 aliphatic heterocycles. The Morgan fingerprint density at radius 1 is 1.08 bits per heavy atom. The van der Waals surface area contributed by atoms with Crippen LogP contribution in [0.5, 0.6) is 0 Å². The molecule has 0 radical (unpaired) electrons. The van der Waals surface area contributed by atoms with Gasteiger partial charge in [-0.25, -0.2) is 4.98 Å². The van der Waals surface area contributed by atoms with Crippen LogP contribution in [0.2, 0.25) is 0 Å². The number of aromatic nitrogens is 2. The van der Waals surface area contributed by atoms with Crippen molar-refractivity contribution in [1.29, 1.82) is 0 Å². The number of imidazole rings is 1. The Morgan fingerprint density at radius 3 is 2.54 bits per heavy atom. The van der Waals surface area contributed by atoms with Crippen molar-refractivity contribution < 1.29 is 13.2 Å². The fraction of sp³-hybridized carbons (Fsp3) is 0.158. The van der Waals surface area contributed by atoms with Gasteiger partial charge in [0.05, 0.1) is 35.4 Å². The van der Waals surface area contributed by atoms with Gasteiger partial charge in [-0.05, 0) is 18.2 Å². The second kappa shape index (κ2) is 6.10. The van der Waals surface area contributed by atoms with Crippen molar-refractivity contribution in [3.63, 3.8) is 0 Å². The molecule has 4 nitrogen and oxygen atoms in total. The lowest BCUT2D eigenvalue weighted by Crippen LogP contribution is -2.14. The summed E-state index contributed by atoms with van der Waals surface area (Å²) in [5.41, 5.74) is 8.10. The van der Waals surface area contributed by atoms with E-state index in [0.29, 0.717) is 22.8 Å². The predicted molar refractivity (Wildman–Crippen MR) is 92.2 cm³/mol. The number of benzene rings is 2. The summed E-state index contributed by atoms with van der Waals surface area (Å²) in [6.07, 6.45) is -2.79. The molecule has 0 aliphatic carbocycles. The van der Waals surface area contributed by atoms with Crippen LogP contribution in [-0.4, -0.2) is 15.3 Å². The van der Waals surface area contributed by atoms with E-state index in [-0.39, 0.29) is 13.1 Å². The zero-order valence-corrected chi connectivity index (χ0v) is 13.7. The fourth-order valence-corrected chi connectivity index (χ4v) is 3.15. The van der Waals surface area contributed by atoms with Crippen molar-refractivity contribution in [1.82, 2.24) is 9.55 Å². The number of nitrogens with two attached hydrogens (primary N) is 1. The van der Waals surface area contributed by atoms with Gasteiger partial charge in [-0.3, -0.25) is 9.56 Å². The maximum absolute atomic E-state index is 13.3. The second-order valence-electron chi connectivity index (χ2n) is 5.97. The monoisotopic (exact) mass is 356 g/mol. The lowest BCUT2D eigenvalue weighted by atomic mass is 9.98. The summed E-state index contributed by atoms with van der Waals surface area (Å²) in [5.74, 6) is 0.650. The van der Waals surface area contributed by atoms with Gasteiger partial charge in [-0.2, -0.15) is 13.2 Å². The summed E-state index contributed by atoms with van der Waals surface area (Å²) in [6.45, 7) is 0.494. The minimum absolute atomic E-state index is 0.230. The summed E-state index contributed by atoms with van der Waals surface area (Å²) < 4.78 is 41.7. The molecule has 1 aromatic heterocycles. The first-order valence-corrected chi connectivity index (χ1v) is 8.06. The Bertz CT molecular complexity index is 988. The summed E-state index contributed by atoms with van der Waals surface area (Å²) >= 11 is 0. The molecule has 0 bridgehead atoms. The molecular weight excluding hydrogens is 341 g/mol. The van der Waals surface area contributed by atoms with Crippen LogP contribution in [0.15, 0.2) is 59.7 Å². The third kappa shape index (κ3) is 2.70. The molecule has 132 valence electrons. The number of hydrogen-bond acceptors (Lipinski definition) is 3. The highest BCUT2D eigenvalue weighted by atomic mass is 19.4. The van der Waals surface area contributed by atoms with E-state index in [1.54, 1.807) is 10.8 Å². The van der Waals surface area contributed by atoms with Gasteiger partial charge in [0.2, 0.25) is 0 Å². The van der Waals surface area contributed by atoms with Crippen molar-refractivity contribution in [3.8, 4) is 5.69 Å². The van der Waals surface area contributed by atoms with Gasteiger partial charge in [0.1, 0.15) is 5.82 Å². The maximum Gasteiger partial charge on any atom is 0.416 e. The zero-order valence-electron chi connectivity index (χ0n) is 13.7. The Labute approximate surface area is 147 Å². The van der Waals surface area contributed by atoms with E-state index in [0.717, 1.165) is 23.4 Å². The smallest absolute Gasteiger partial charge is 0.325 e. The van der Waals surface area contributed by atoms with Gasteiger partial charge >= 0.3 is 6.18 Å². The molecule has 4 rings (SSSR count). The number of fused-ring (bicyclic) bond motifs is 3. The molecule has 2 heterocycles. The summed E-state index contributed by atoms with van der Waals surface area (Å²) in [6, 6.07) is 12.9. The predicted octanol–water partition coefficient (Wildman–Crippen LogP) is 3.70. The highest BCUT2D eigenvalue weighted by Gasteiger charge is 2.32. The van der Waals surface area contributed by atoms with Crippen molar-refractivity contribution in [2.24, 2.45) is 10.7 Å². The van der Waals surface area contributed by atoms with E-state index in [2.05, 4.69) is 9.98 Å². The van der Waals surface area contributed by atoms with Crippen molar-refractivity contribution >= 4 is 5.71 Å². The first-order chi connectivity index (χ1) is 12.5. The van der Waals surface area contributed by atoms with Crippen LogP contribution in [0.25, 0.3) is 5.69 Å². The average molecular weight is 356 g/mol. The summed E-state index contributed by atoms with van der Waals surface area (Å²) in [7, 11) is 0. The van der Waals surface area contributed by atoms with E-state index in [9.17, 15) is 13.2 Å². The van der Waals surface area contributed by atoms with Gasteiger partial charge in [-0.15, -0.1) is 0 Å². The molecule has 1 aliphatic rings. The molecule has 2 N–H and O–H groups in total. The molecule has 0 atom stereocenters. The molecule has 7 heteroatoms. The number of nitrogens with zero attached hydrogens (tertiary/aromatic N) is 3. The van der Waals surface area contributed by atoms with Gasteiger partial charge in [-0.1, -0.05) is 30.3 Å². The van der Waals surface area contributed by atoms with Crippen LogP contribution in [-0.2, 0) is 19.3 Å². The van der Waals surface area contributed by atoms with Crippen LogP contribution >= 0.6 is 0 Å². The normalized spacial score (nSPS) is 13.6. The molecule has 0 amide bonds. The minimum Gasteiger partial charge on any atom is -0.325 e. The first-order valence-electron chi connectivity index (χ1n) is 8.06. The fourth-order valence-electron chi connectivity index (χ4n) is 3.15. The Hall–Kier alpha value is -2.93. The number of rotatable bonds is 2. The molecule has 0 saturated heterocycles. The largest absolute Gasteiger partial charge is 0.416 e. The van der Waals surface area contributed by atoms with E-state index < -0.39 is 11.7 Å². The summed E-state index contributed by atoms with van der Waals surface area (Å²) in [5, 5.41) is 0. The molecule has 3 aromatic rings. The first kappa shape index (κ1) is 16.5. The van der Waals surface area contributed by atoms with Crippen LogP contribution in [0, 0.1) is 0 Å². The molecule has 2 aromatic carbocycles. The minimum atomic E-state index is -4.43. The van der Waals surface area contributed by atoms with Crippen LogP contribution in [0.3, 0.4) is 0 Å². The molecule has 0 fully saturated rings. The van der Waals surface area contributed by atoms with Crippen molar-refractivity contribution in [3.05, 3.63) is 82.9 Å². The molecule has 0 spiro atoms. The lowest BCUT2D eigenvalue weighted by molar-refractivity contribution is -0.137. The van der Waals surface area contributed by atoms with Gasteiger partial charge in [0.15, 0.2) is 0 Å². The van der Waals surface area contributed by atoms with E-state index in [1.807, 2.05) is 30.3 Å². The second-order valence-corrected chi connectivity index (χ2v) is 5.97. The van der Waals surface area contributed by atoms with E-state index >= 15 is 0 Å². The zero-order chi connectivity index (χ0) is 18.3. The maximum atomic E-state index is 13.3. The highest BCUT2D eigenvalue weighted by Crippen LogP contribution is 2.34. The van der Waals surface area contributed by atoms with Crippen LogP contribution in [0.4, 0.5) is 13.2 Å². The van der Waals surface area contributed by atoms with Gasteiger partial charge in [0, 0.05) is 17.7 Å². The van der Waals surface area contributed by atoms with Crippen molar-refractivity contribution in [2.75, 3.05) is 0 Å². The Kier molecular flexibility index (Phi) is 3.88. The van der Waals surface area contributed by atoms with Crippen LogP contribution < -0.4 is 5.73 Å². The Balaban J connectivity index is 2.00. The third-order valence-corrected chi connectivity index (χ3v) is 4.36. The highest BCUT2D eigenvalue weighted by molar-refractivity contribution is 6.15. The van der Waals surface area contributed by atoms with Gasteiger partial charge < -0.3 is 5.73 Å². The average Bonchev–Trinajstić information content (AvgIpc) is 2.97. The van der Waals surface area contributed by atoms with E-state index in [4.69, 9.17) is 5.73 Å². The quantitative estimate of drug-likeness (QED) is 0.761. The topological polar surface area (TPSA) is 56.2 Å². The number of halogens is 3. The SMILES string of the molecule is NCc1cnc2n1-c1ccc(C(F)(F)F)cc1C(c1ccccc1)=NC2. The van der Waals surface area contributed by atoms with E-state index in [1.165, 1.54) is 6.07 Å². The number of aliphatic imine (C=N–C) groups is 1. The lowest BCUT2D eigenvalue weighted by Gasteiger charge is -2.16. The third-order valence-electron chi connectivity index (χ3n) is 4.36. The Morgan fingerprint density at radius 2 is 1.85 bits per heavy atom. The number of alkyl halides is 3. The summed E-state index contributed by atoms with van der Waals surface area (Å²) in [4.78, 5) is 8.91. The standard InChI is InChI=1S/C19H15F3N4/c20-19(21,22)13-6-7-16-15(8-13)18(12-4-2-1-3-5-12)25-11-17-24-10-14(9-23)26(16)17/h1-8,10H,9,11,23H2.